The van der Waals surface area contributed by atoms with Crippen LogP contribution in [0, 0.1) is 0 Å². The number of anilines is 1. The Morgan fingerprint density at radius 3 is 2.56 bits per heavy atom. The number of nitrogens with one attached hydrogen (secondary N) is 1. The van der Waals surface area contributed by atoms with Gasteiger partial charge in [0.25, 0.3) is 5.91 Å². The SMILES string of the molecule is COc1ccc(OC)c(C(C)NC(=O)c2ccc3c(c2)CCN3C(C)=O)c1. The molecule has 2 aromatic rings. The number of rotatable bonds is 5. The molecule has 6 heteroatoms. The van der Waals surface area contributed by atoms with Crippen molar-refractivity contribution in [2.24, 2.45) is 0 Å². The largest absolute Gasteiger partial charge is 0.497 e. The first kappa shape index (κ1) is 18.8. The molecule has 0 spiro atoms. The molecule has 1 unspecified atom stereocenters. The molecule has 0 bridgehead atoms. The molecule has 3 rings (SSSR count). The number of carbonyl (C=O) groups excluding carboxylic acids is 2. The Labute approximate surface area is 159 Å². The number of amides is 2. The van der Waals surface area contributed by atoms with Crippen LogP contribution in [0.15, 0.2) is 36.4 Å². The lowest BCUT2D eigenvalue weighted by Gasteiger charge is -2.19. The minimum absolute atomic E-state index is 0.0182. The third-order valence-electron chi connectivity index (χ3n) is 4.87. The van der Waals surface area contributed by atoms with Gasteiger partial charge in [-0.15, -0.1) is 0 Å². The predicted octanol–water partition coefficient (Wildman–Crippen LogP) is 3.10. The Morgan fingerprint density at radius 2 is 1.89 bits per heavy atom. The molecular formula is C21H24N2O4. The van der Waals surface area contributed by atoms with Crippen molar-refractivity contribution >= 4 is 17.5 Å². The van der Waals surface area contributed by atoms with Gasteiger partial charge in [-0.2, -0.15) is 0 Å². The molecule has 0 fully saturated rings. The summed E-state index contributed by atoms with van der Waals surface area (Å²) in [4.78, 5) is 26.1. The molecule has 0 saturated heterocycles. The van der Waals surface area contributed by atoms with Crippen LogP contribution in [0.3, 0.4) is 0 Å². The monoisotopic (exact) mass is 368 g/mol. The van der Waals surface area contributed by atoms with Crippen LogP contribution < -0.4 is 19.7 Å². The van der Waals surface area contributed by atoms with E-state index in [1.165, 1.54) is 0 Å². The first-order valence-corrected chi connectivity index (χ1v) is 8.88. The summed E-state index contributed by atoms with van der Waals surface area (Å²) in [6, 6.07) is 10.7. The van der Waals surface area contributed by atoms with E-state index in [0.717, 1.165) is 23.2 Å². The summed E-state index contributed by atoms with van der Waals surface area (Å²) in [5.74, 6) is 1.24. The average molecular weight is 368 g/mol. The van der Waals surface area contributed by atoms with Crippen LogP contribution in [0.4, 0.5) is 5.69 Å². The van der Waals surface area contributed by atoms with Gasteiger partial charge >= 0.3 is 0 Å². The molecule has 27 heavy (non-hydrogen) atoms. The lowest BCUT2D eigenvalue weighted by atomic mass is 10.0. The molecule has 142 valence electrons. The molecule has 0 saturated carbocycles. The minimum Gasteiger partial charge on any atom is -0.497 e. The standard InChI is InChI=1S/C21H24N2O4/c1-13(18-12-17(26-3)6-8-20(18)27-4)22-21(25)16-5-7-19-15(11-16)9-10-23(19)14(2)24/h5-8,11-13H,9-10H2,1-4H3,(H,22,25). The Kier molecular flexibility index (Phi) is 5.35. The van der Waals surface area contributed by atoms with E-state index in [0.29, 0.717) is 23.6 Å². The van der Waals surface area contributed by atoms with Gasteiger partial charge in [0.15, 0.2) is 0 Å². The summed E-state index contributed by atoms with van der Waals surface area (Å²) in [5.41, 5.74) is 3.33. The number of hydrogen-bond donors (Lipinski definition) is 1. The van der Waals surface area contributed by atoms with Gasteiger partial charge in [0.05, 0.1) is 20.3 Å². The molecule has 2 amide bonds. The van der Waals surface area contributed by atoms with Crippen molar-refractivity contribution in [1.82, 2.24) is 5.32 Å². The molecule has 1 atom stereocenters. The Morgan fingerprint density at radius 1 is 1.11 bits per heavy atom. The van der Waals surface area contributed by atoms with Crippen molar-refractivity contribution in [3.63, 3.8) is 0 Å². The summed E-state index contributed by atoms with van der Waals surface area (Å²) < 4.78 is 10.7. The smallest absolute Gasteiger partial charge is 0.251 e. The van der Waals surface area contributed by atoms with Gasteiger partial charge in [-0.25, -0.2) is 0 Å². The quantitative estimate of drug-likeness (QED) is 0.881. The number of benzene rings is 2. The molecule has 1 N–H and O–H groups in total. The van der Waals surface area contributed by atoms with Gasteiger partial charge in [-0.1, -0.05) is 0 Å². The number of carbonyl (C=O) groups is 2. The van der Waals surface area contributed by atoms with E-state index in [2.05, 4.69) is 5.32 Å². The number of fused-ring (bicyclic) bond motifs is 1. The van der Waals surface area contributed by atoms with Crippen molar-refractivity contribution in [3.05, 3.63) is 53.1 Å². The Hall–Kier alpha value is -3.02. The second-order valence-corrected chi connectivity index (χ2v) is 6.57. The first-order valence-electron chi connectivity index (χ1n) is 8.88. The lowest BCUT2D eigenvalue weighted by molar-refractivity contribution is -0.116. The van der Waals surface area contributed by atoms with Crippen LogP contribution in [0.25, 0.3) is 0 Å². The fourth-order valence-electron chi connectivity index (χ4n) is 3.41. The van der Waals surface area contributed by atoms with Gasteiger partial charge in [0.2, 0.25) is 5.91 Å². The zero-order valence-corrected chi connectivity index (χ0v) is 16.0. The average Bonchev–Trinajstić information content (AvgIpc) is 3.10. The van der Waals surface area contributed by atoms with E-state index in [4.69, 9.17) is 9.47 Å². The molecule has 0 aliphatic carbocycles. The van der Waals surface area contributed by atoms with E-state index < -0.39 is 0 Å². The van der Waals surface area contributed by atoms with Gasteiger partial charge < -0.3 is 19.7 Å². The zero-order chi connectivity index (χ0) is 19.6. The molecule has 2 aromatic carbocycles. The normalized spacial score (nSPS) is 13.7. The second kappa shape index (κ2) is 7.70. The summed E-state index contributed by atoms with van der Waals surface area (Å²) in [6.45, 7) is 4.12. The van der Waals surface area contributed by atoms with E-state index in [9.17, 15) is 9.59 Å². The molecule has 0 aromatic heterocycles. The molecule has 1 aliphatic rings. The predicted molar refractivity (Wildman–Crippen MR) is 104 cm³/mol. The van der Waals surface area contributed by atoms with Crippen LogP contribution in [-0.2, 0) is 11.2 Å². The third-order valence-corrected chi connectivity index (χ3v) is 4.87. The minimum atomic E-state index is -0.260. The van der Waals surface area contributed by atoms with Crippen molar-refractivity contribution < 1.29 is 19.1 Å². The summed E-state index contributed by atoms with van der Waals surface area (Å²) in [5, 5.41) is 3.01. The maximum atomic E-state index is 12.7. The lowest BCUT2D eigenvalue weighted by Crippen LogP contribution is -2.27. The van der Waals surface area contributed by atoms with E-state index in [1.54, 1.807) is 32.1 Å². The first-order chi connectivity index (χ1) is 12.9. The number of ether oxygens (including phenoxy) is 2. The van der Waals surface area contributed by atoms with Gasteiger partial charge in [-0.3, -0.25) is 9.59 Å². The highest BCUT2D eigenvalue weighted by Gasteiger charge is 2.24. The third kappa shape index (κ3) is 3.74. The highest BCUT2D eigenvalue weighted by atomic mass is 16.5. The van der Waals surface area contributed by atoms with Gasteiger partial charge in [0, 0.05) is 30.3 Å². The maximum absolute atomic E-state index is 12.7. The highest BCUT2D eigenvalue weighted by Crippen LogP contribution is 2.31. The van der Waals surface area contributed by atoms with Crippen LogP contribution >= 0.6 is 0 Å². The van der Waals surface area contributed by atoms with E-state index in [1.807, 2.05) is 37.3 Å². The van der Waals surface area contributed by atoms with E-state index >= 15 is 0 Å². The maximum Gasteiger partial charge on any atom is 0.251 e. The number of hydrogen-bond acceptors (Lipinski definition) is 4. The molecule has 6 nitrogen and oxygen atoms in total. The van der Waals surface area contributed by atoms with Crippen molar-refractivity contribution in [1.29, 1.82) is 0 Å². The van der Waals surface area contributed by atoms with Crippen molar-refractivity contribution in [2.45, 2.75) is 26.3 Å². The Balaban J connectivity index is 1.79. The van der Waals surface area contributed by atoms with Crippen LogP contribution in [0.1, 0.15) is 41.4 Å². The van der Waals surface area contributed by atoms with Crippen LogP contribution in [0.5, 0.6) is 11.5 Å². The fourth-order valence-corrected chi connectivity index (χ4v) is 3.41. The van der Waals surface area contributed by atoms with Crippen molar-refractivity contribution in [3.8, 4) is 11.5 Å². The van der Waals surface area contributed by atoms with Gasteiger partial charge in [-0.05, 0) is 55.3 Å². The van der Waals surface area contributed by atoms with Crippen molar-refractivity contribution in [2.75, 3.05) is 25.7 Å². The number of nitrogens with zero attached hydrogens (tertiary/aromatic N) is 1. The summed E-state index contributed by atoms with van der Waals surface area (Å²) >= 11 is 0. The second-order valence-electron chi connectivity index (χ2n) is 6.57. The van der Waals surface area contributed by atoms with Gasteiger partial charge in [0.1, 0.15) is 11.5 Å². The Bertz CT molecular complexity index is 878. The summed E-state index contributed by atoms with van der Waals surface area (Å²) in [7, 11) is 3.20. The molecular weight excluding hydrogens is 344 g/mol. The molecule has 1 heterocycles. The topological polar surface area (TPSA) is 67.9 Å². The van der Waals surface area contributed by atoms with E-state index in [-0.39, 0.29) is 17.9 Å². The van der Waals surface area contributed by atoms with Crippen LogP contribution in [-0.4, -0.2) is 32.6 Å². The fraction of sp³-hybridized carbons (Fsp3) is 0.333. The zero-order valence-electron chi connectivity index (χ0n) is 16.0. The molecule has 1 aliphatic heterocycles. The van der Waals surface area contributed by atoms with Crippen LogP contribution in [0.2, 0.25) is 0 Å². The number of methoxy groups -OCH3 is 2. The highest BCUT2D eigenvalue weighted by molar-refractivity contribution is 5.98. The summed E-state index contributed by atoms with van der Waals surface area (Å²) in [6.07, 6.45) is 0.759. The molecule has 0 radical (unpaired) electrons.